The fourth-order valence-corrected chi connectivity index (χ4v) is 6.31. The van der Waals surface area contributed by atoms with Gasteiger partial charge in [0.1, 0.15) is 17.1 Å². The molecule has 5 aromatic rings. The van der Waals surface area contributed by atoms with Gasteiger partial charge in [0.25, 0.3) is 10.0 Å². The summed E-state index contributed by atoms with van der Waals surface area (Å²) in [5.41, 5.74) is 4.36. The molecular weight excluding hydrogens is 473 g/mol. The van der Waals surface area contributed by atoms with Crippen molar-refractivity contribution in [2.75, 3.05) is 4.31 Å². The van der Waals surface area contributed by atoms with Gasteiger partial charge in [0.05, 0.1) is 10.9 Å². The van der Waals surface area contributed by atoms with Crippen LogP contribution in [0.2, 0.25) is 0 Å². The number of para-hydroxylation sites is 1. The van der Waals surface area contributed by atoms with Crippen LogP contribution in [0.3, 0.4) is 0 Å². The summed E-state index contributed by atoms with van der Waals surface area (Å²) >= 11 is 0. The van der Waals surface area contributed by atoms with E-state index in [2.05, 4.69) is 0 Å². The third-order valence-electron chi connectivity index (χ3n) is 6.49. The molecule has 6 heteroatoms. The van der Waals surface area contributed by atoms with Crippen LogP contribution in [-0.4, -0.2) is 8.42 Å². The Hall–Kier alpha value is -4.16. The average Bonchev–Trinajstić information content (AvgIpc) is 3.28. The third kappa shape index (κ3) is 3.62. The van der Waals surface area contributed by atoms with Crippen LogP contribution in [0.5, 0.6) is 0 Å². The lowest BCUT2D eigenvalue weighted by Crippen LogP contribution is -2.36. The predicted octanol–water partition coefficient (Wildman–Crippen LogP) is 7.26. The Kier molecular flexibility index (Phi) is 5.27. The van der Waals surface area contributed by atoms with Crippen LogP contribution in [-0.2, 0) is 10.0 Å². The van der Waals surface area contributed by atoms with Crippen molar-refractivity contribution in [1.82, 2.24) is 0 Å². The predicted molar refractivity (Wildman–Crippen MR) is 140 cm³/mol. The van der Waals surface area contributed by atoms with Crippen molar-refractivity contribution in [2.45, 2.75) is 17.9 Å². The zero-order valence-electron chi connectivity index (χ0n) is 19.4. The molecule has 2 heterocycles. The summed E-state index contributed by atoms with van der Waals surface area (Å²) in [6, 6.07) is 29.2. The summed E-state index contributed by atoms with van der Waals surface area (Å²) in [5.74, 6) is 0.0978. The Morgan fingerprint density at radius 2 is 1.47 bits per heavy atom. The van der Waals surface area contributed by atoms with Crippen LogP contribution in [0.1, 0.15) is 28.5 Å². The number of benzene rings is 4. The number of hydrogen-bond donors (Lipinski definition) is 0. The highest BCUT2D eigenvalue weighted by Gasteiger charge is 2.40. The van der Waals surface area contributed by atoms with Crippen molar-refractivity contribution < 1.29 is 17.2 Å². The quantitative estimate of drug-likeness (QED) is 0.264. The number of sulfonamides is 1. The molecule has 0 fully saturated rings. The van der Waals surface area contributed by atoms with Gasteiger partial charge in [-0.3, -0.25) is 4.31 Å². The average molecular weight is 496 g/mol. The van der Waals surface area contributed by atoms with E-state index in [9.17, 15) is 12.8 Å². The van der Waals surface area contributed by atoms with Gasteiger partial charge in [-0.25, -0.2) is 12.8 Å². The summed E-state index contributed by atoms with van der Waals surface area (Å²) in [7, 11) is -4.03. The maximum absolute atomic E-state index is 14.3. The fourth-order valence-electron chi connectivity index (χ4n) is 4.70. The molecule has 1 unspecified atom stereocenters. The first-order valence-electron chi connectivity index (χ1n) is 11.6. The molecule has 0 amide bonds. The zero-order valence-corrected chi connectivity index (χ0v) is 20.2. The van der Waals surface area contributed by atoms with E-state index >= 15 is 0 Å². The van der Waals surface area contributed by atoms with Crippen LogP contribution >= 0.6 is 0 Å². The minimum Gasteiger partial charge on any atom is -0.454 e. The lowest BCUT2D eigenvalue weighted by atomic mass is 9.93. The van der Waals surface area contributed by atoms with Gasteiger partial charge in [0.15, 0.2) is 5.76 Å². The second-order valence-corrected chi connectivity index (χ2v) is 10.6. The Balaban J connectivity index is 1.68. The van der Waals surface area contributed by atoms with Crippen LogP contribution in [0.4, 0.5) is 10.1 Å². The number of fused-ring (bicyclic) bond motifs is 3. The lowest BCUT2D eigenvalue weighted by Gasteiger charge is -2.35. The molecule has 1 aliphatic heterocycles. The van der Waals surface area contributed by atoms with Gasteiger partial charge in [0, 0.05) is 11.0 Å². The highest BCUT2D eigenvalue weighted by atomic mass is 32.2. The SMILES string of the molecule is Cc1ccc(S(=O)(=O)N2c3c(oc4ccccc34)C(c3ccccc3)=CC2c2ccc(F)cc2)cc1. The number of rotatable bonds is 4. The van der Waals surface area contributed by atoms with Crippen molar-refractivity contribution in [3.05, 3.63) is 137 Å². The molecule has 36 heavy (non-hydrogen) atoms. The first kappa shape index (κ1) is 22.3. The van der Waals surface area contributed by atoms with Crippen molar-refractivity contribution in [3.8, 4) is 0 Å². The van der Waals surface area contributed by atoms with Gasteiger partial charge in [-0.15, -0.1) is 0 Å². The molecule has 178 valence electrons. The first-order valence-corrected chi connectivity index (χ1v) is 13.0. The van der Waals surface area contributed by atoms with Crippen molar-refractivity contribution >= 4 is 32.3 Å². The Labute approximate surface area is 209 Å². The minimum atomic E-state index is -4.03. The molecule has 0 spiro atoms. The summed E-state index contributed by atoms with van der Waals surface area (Å²) in [6.45, 7) is 1.91. The van der Waals surface area contributed by atoms with Gasteiger partial charge in [-0.1, -0.05) is 72.3 Å². The first-order chi connectivity index (χ1) is 17.4. The molecule has 0 saturated carbocycles. The van der Waals surface area contributed by atoms with Gasteiger partial charge in [-0.05, 0) is 60.5 Å². The molecular formula is C30H22FNO3S. The van der Waals surface area contributed by atoms with Crippen LogP contribution in [0.15, 0.2) is 119 Å². The molecule has 0 radical (unpaired) electrons. The summed E-state index contributed by atoms with van der Waals surface area (Å²) < 4.78 is 50.1. The summed E-state index contributed by atoms with van der Waals surface area (Å²) in [5, 5.41) is 0.692. The van der Waals surface area contributed by atoms with E-state index in [1.165, 1.54) is 16.4 Å². The van der Waals surface area contributed by atoms with Gasteiger partial charge < -0.3 is 4.42 Å². The van der Waals surface area contributed by atoms with Gasteiger partial charge in [-0.2, -0.15) is 0 Å². The topological polar surface area (TPSA) is 50.5 Å². The van der Waals surface area contributed by atoms with Crippen molar-refractivity contribution in [2.24, 2.45) is 0 Å². The number of anilines is 1. The van der Waals surface area contributed by atoms with E-state index in [4.69, 9.17) is 4.42 Å². The van der Waals surface area contributed by atoms with E-state index in [0.29, 0.717) is 28.0 Å². The highest BCUT2D eigenvalue weighted by Crippen LogP contribution is 2.50. The maximum Gasteiger partial charge on any atom is 0.265 e. The number of nitrogens with zero attached hydrogens (tertiary/aromatic N) is 1. The standard InChI is InChI=1S/C30H22FNO3S/c1-20-11-17-24(18-12-20)36(33,34)32-27(22-13-15-23(31)16-14-22)19-26(21-7-3-2-4-8-21)30-29(32)25-9-5-6-10-28(25)35-30/h2-19,27H,1H3. The minimum absolute atomic E-state index is 0.174. The molecule has 0 N–H and O–H groups in total. The number of aryl methyl sites for hydroxylation is 1. The number of halogens is 1. The Morgan fingerprint density at radius 1 is 0.806 bits per heavy atom. The molecule has 4 aromatic carbocycles. The highest BCUT2D eigenvalue weighted by molar-refractivity contribution is 7.92. The number of hydrogen-bond acceptors (Lipinski definition) is 3. The van der Waals surface area contributed by atoms with Crippen LogP contribution < -0.4 is 4.31 Å². The van der Waals surface area contributed by atoms with Gasteiger partial charge in [0.2, 0.25) is 0 Å². The van der Waals surface area contributed by atoms with Gasteiger partial charge >= 0.3 is 0 Å². The van der Waals surface area contributed by atoms with E-state index in [0.717, 1.165) is 16.7 Å². The van der Waals surface area contributed by atoms with E-state index < -0.39 is 16.1 Å². The molecule has 1 aliphatic rings. The Morgan fingerprint density at radius 3 is 2.19 bits per heavy atom. The normalized spacial score (nSPS) is 15.6. The summed E-state index contributed by atoms with van der Waals surface area (Å²) in [4.78, 5) is 0.174. The summed E-state index contributed by atoms with van der Waals surface area (Å²) in [6.07, 6.45) is 1.89. The lowest BCUT2D eigenvalue weighted by molar-refractivity contribution is 0.576. The fraction of sp³-hybridized carbons (Fsp3) is 0.0667. The van der Waals surface area contributed by atoms with Crippen LogP contribution in [0, 0.1) is 12.7 Å². The van der Waals surface area contributed by atoms with Crippen LogP contribution in [0.25, 0.3) is 16.5 Å². The molecule has 4 nitrogen and oxygen atoms in total. The van der Waals surface area contributed by atoms with E-state index in [1.54, 1.807) is 36.4 Å². The third-order valence-corrected chi connectivity index (χ3v) is 8.28. The molecule has 0 aliphatic carbocycles. The van der Waals surface area contributed by atoms with E-state index in [1.807, 2.05) is 67.6 Å². The van der Waals surface area contributed by atoms with Crippen molar-refractivity contribution in [1.29, 1.82) is 0 Å². The molecule has 6 rings (SSSR count). The smallest absolute Gasteiger partial charge is 0.265 e. The Bertz CT molecular complexity index is 1700. The monoisotopic (exact) mass is 495 g/mol. The molecule has 1 atom stereocenters. The second-order valence-electron chi connectivity index (χ2n) is 8.83. The molecule has 1 aromatic heterocycles. The zero-order chi connectivity index (χ0) is 24.9. The maximum atomic E-state index is 14.3. The largest absolute Gasteiger partial charge is 0.454 e. The number of furan rings is 1. The second kappa shape index (κ2) is 8.50. The molecule has 0 saturated heterocycles. The van der Waals surface area contributed by atoms with Crippen molar-refractivity contribution in [3.63, 3.8) is 0 Å². The molecule has 0 bridgehead atoms. The van der Waals surface area contributed by atoms with E-state index in [-0.39, 0.29) is 10.7 Å².